The van der Waals surface area contributed by atoms with Crippen molar-refractivity contribution < 1.29 is 9.53 Å². The van der Waals surface area contributed by atoms with Crippen molar-refractivity contribution in [2.24, 2.45) is 0 Å². The predicted molar refractivity (Wildman–Crippen MR) is 99.4 cm³/mol. The molecule has 0 N–H and O–H groups in total. The first-order valence-electron chi connectivity index (χ1n) is 7.90. The number of rotatable bonds is 8. The van der Waals surface area contributed by atoms with Crippen LogP contribution in [0.4, 0.5) is 0 Å². The van der Waals surface area contributed by atoms with Crippen molar-refractivity contribution in [2.45, 2.75) is 25.4 Å². The van der Waals surface area contributed by atoms with Crippen molar-refractivity contribution in [3.8, 4) is 11.1 Å². The van der Waals surface area contributed by atoms with Crippen molar-refractivity contribution in [1.82, 2.24) is 0 Å². The highest BCUT2D eigenvalue weighted by molar-refractivity contribution is 7.15. The molecule has 0 amide bonds. The Morgan fingerprint density at radius 2 is 1.52 bits per heavy atom. The largest absolute Gasteiger partial charge is 0.463 e. The summed E-state index contributed by atoms with van der Waals surface area (Å²) < 4.78 is 4.97. The van der Waals surface area contributed by atoms with E-state index in [2.05, 4.69) is 64.3 Å². The Balaban J connectivity index is 1.82. The molecule has 120 valence electrons. The molecule has 1 atom stereocenters. The first kappa shape index (κ1) is 17.4. The molecule has 3 heteroatoms. The molecule has 0 aliphatic heterocycles. The summed E-state index contributed by atoms with van der Waals surface area (Å²) >= 11 is 0. The van der Waals surface area contributed by atoms with Crippen LogP contribution >= 0.6 is 9.24 Å². The third-order valence-electron chi connectivity index (χ3n) is 3.75. The van der Waals surface area contributed by atoms with E-state index in [-0.39, 0.29) is 5.97 Å². The van der Waals surface area contributed by atoms with Gasteiger partial charge in [0.05, 0.1) is 6.61 Å². The van der Waals surface area contributed by atoms with Gasteiger partial charge in [0.15, 0.2) is 0 Å². The first-order valence-corrected chi connectivity index (χ1v) is 8.72. The quantitative estimate of drug-likeness (QED) is 0.302. The average molecular weight is 326 g/mol. The Hall–Kier alpha value is -1.92. The van der Waals surface area contributed by atoms with Crippen LogP contribution in [0.3, 0.4) is 0 Å². The number of benzene rings is 2. The van der Waals surface area contributed by atoms with Crippen molar-refractivity contribution in [3.05, 3.63) is 72.3 Å². The molecule has 0 saturated carbocycles. The minimum atomic E-state index is -0.345. The molecule has 0 fully saturated rings. The zero-order valence-corrected chi connectivity index (χ0v) is 14.5. The maximum atomic E-state index is 10.9. The number of aryl methyl sites for hydroxylation is 1. The monoisotopic (exact) mass is 326 g/mol. The Labute approximate surface area is 140 Å². The summed E-state index contributed by atoms with van der Waals surface area (Å²) in [6.07, 6.45) is 5.06. The number of carbonyl (C=O) groups is 1. The molecule has 0 aliphatic rings. The number of hydrogen-bond donors (Lipinski definition) is 0. The molecular formula is C20H23O2P. The van der Waals surface area contributed by atoms with Crippen molar-refractivity contribution >= 4 is 15.2 Å². The van der Waals surface area contributed by atoms with Gasteiger partial charge in [0.2, 0.25) is 0 Å². The first-order chi connectivity index (χ1) is 11.2. The number of carbonyl (C=O) groups excluding carboxylic acids is 1. The van der Waals surface area contributed by atoms with Gasteiger partial charge in [-0.2, -0.15) is 0 Å². The summed E-state index contributed by atoms with van der Waals surface area (Å²) in [4.78, 5) is 10.9. The van der Waals surface area contributed by atoms with Crippen LogP contribution in [-0.4, -0.2) is 12.6 Å². The van der Waals surface area contributed by atoms with Gasteiger partial charge in [0.1, 0.15) is 0 Å². The Morgan fingerprint density at radius 3 is 2.04 bits per heavy atom. The lowest BCUT2D eigenvalue weighted by molar-refractivity contribution is -0.137. The van der Waals surface area contributed by atoms with Crippen LogP contribution in [0.25, 0.3) is 11.1 Å². The molecule has 23 heavy (non-hydrogen) atoms. The van der Waals surface area contributed by atoms with Crippen molar-refractivity contribution in [1.29, 1.82) is 0 Å². The fourth-order valence-electron chi connectivity index (χ4n) is 2.36. The van der Waals surface area contributed by atoms with Gasteiger partial charge in [-0.3, -0.25) is 0 Å². The van der Waals surface area contributed by atoms with Gasteiger partial charge < -0.3 is 4.74 Å². The minimum absolute atomic E-state index is 0.345. The van der Waals surface area contributed by atoms with Gasteiger partial charge in [0.25, 0.3) is 0 Å². The molecule has 2 nitrogen and oxygen atoms in total. The molecule has 0 heterocycles. The topological polar surface area (TPSA) is 26.3 Å². The molecule has 2 aromatic carbocycles. The van der Waals surface area contributed by atoms with Crippen LogP contribution in [0.5, 0.6) is 0 Å². The molecule has 0 radical (unpaired) electrons. The molecule has 0 bridgehead atoms. The van der Waals surface area contributed by atoms with Crippen LogP contribution in [0.15, 0.2) is 61.2 Å². The second-order valence-corrected chi connectivity index (χ2v) is 5.83. The van der Waals surface area contributed by atoms with E-state index >= 15 is 0 Å². The molecule has 2 aromatic rings. The third kappa shape index (κ3) is 5.65. The van der Waals surface area contributed by atoms with Crippen molar-refractivity contribution in [3.63, 3.8) is 0 Å². The molecule has 2 rings (SSSR count). The number of unbranched alkanes of at least 4 members (excludes halogenated alkanes) is 1. The van der Waals surface area contributed by atoms with Crippen LogP contribution in [0.2, 0.25) is 0 Å². The normalized spacial score (nSPS) is 10.3. The van der Waals surface area contributed by atoms with Crippen LogP contribution in [-0.2, 0) is 22.1 Å². The third-order valence-corrected chi connectivity index (χ3v) is 4.22. The Kier molecular flexibility index (Phi) is 7.03. The second kappa shape index (κ2) is 9.27. The van der Waals surface area contributed by atoms with E-state index in [9.17, 15) is 4.79 Å². The highest BCUT2D eigenvalue weighted by Gasteiger charge is 2.00. The summed E-state index contributed by atoms with van der Waals surface area (Å²) in [5, 5.41) is 0. The Bertz CT molecular complexity index is 630. The zero-order chi connectivity index (χ0) is 16.5. The van der Waals surface area contributed by atoms with Crippen LogP contribution in [0, 0.1) is 0 Å². The summed E-state index contributed by atoms with van der Waals surface area (Å²) in [6, 6.07) is 17.4. The maximum absolute atomic E-state index is 10.9. The lowest BCUT2D eigenvalue weighted by atomic mass is 10.0. The molecule has 0 spiro atoms. The zero-order valence-electron chi connectivity index (χ0n) is 13.3. The van der Waals surface area contributed by atoms with Gasteiger partial charge in [-0.1, -0.05) is 55.1 Å². The van der Waals surface area contributed by atoms with E-state index in [4.69, 9.17) is 4.74 Å². The SMILES string of the molecule is C=CC(=O)OCCCCc1ccc(-c2ccc(CP)cc2)cc1. The van der Waals surface area contributed by atoms with Crippen molar-refractivity contribution in [2.75, 3.05) is 6.61 Å². The number of ether oxygens (including phenoxy) is 1. The van der Waals surface area contributed by atoms with E-state index in [1.807, 2.05) is 0 Å². The fourth-order valence-corrected chi connectivity index (χ4v) is 2.63. The molecular weight excluding hydrogens is 303 g/mol. The minimum Gasteiger partial charge on any atom is -0.463 e. The van der Waals surface area contributed by atoms with Gasteiger partial charge in [-0.15, -0.1) is 9.24 Å². The average Bonchev–Trinajstić information content (AvgIpc) is 2.62. The summed E-state index contributed by atoms with van der Waals surface area (Å²) in [7, 11) is 2.74. The van der Waals surface area contributed by atoms with Crippen LogP contribution in [0.1, 0.15) is 24.0 Å². The molecule has 1 unspecified atom stereocenters. The Morgan fingerprint density at radius 1 is 0.957 bits per heavy atom. The van der Waals surface area contributed by atoms with Gasteiger partial charge in [-0.25, -0.2) is 4.79 Å². The number of esters is 1. The molecule has 0 aromatic heterocycles. The predicted octanol–water partition coefficient (Wildman–Crippen LogP) is 4.78. The van der Waals surface area contributed by atoms with Gasteiger partial charge in [-0.05, 0) is 47.7 Å². The lowest BCUT2D eigenvalue weighted by Gasteiger charge is -2.06. The van der Waals surface area contributed by atoms with E-state index in [1.165, 1.54) is 28.3 Å². The summed E-state index contributed by atoms with van der Waals surface area (Å²) in [6.45, 7) is 3.84. The van der Waals surface area contributed by atoms with Gasteiger partial charge >= 0.3 is 5.97 Å². The molecule has 0 aliphatic carbocycles. The standard InChI is InChI=1S/C20H23O2P/c1-2-20(21)22-14-4-3-5-16-6-10-18(11-7-16)19-12-8-17(15-23)9-13-19/h2,6-13H,1,3-5,14-15,23H2. The number of hydrogen-bond acceptors (Lipinski definition) is 2. The second-order valence-electron chi connectivity index (χ2n) is 5.43. The van der Waals surface area contributed by atoms with E-state index in [1.54, 1.807) is 0 Å². The highest BCUT2D eigenvalue weighted by Crippen LogP contribution is 2.21. The van der Waals surface area contributed by atoms with Crippen LogP contribution < -0.4 is 0 Å². The van der Waals surface area contributed by atoms with Gasteiger partial charge in [0, 0.05) is 6.08 Å². The summed E-state index contributed by atoms with van der Waals surface area (Å²) in [5.74, 6) is -0.345. The smallest absolute Gasteiger partial charge is 0.330 e. The fraction of sp³-hybridized carbons (Fsp3) is 0.250. The maximum Gasteiger partial charge on any atom is 0.330 e. The van der Waals surface area contributed by atoms with E-state index in [0.29, 0.717) is 6.61 Å². The summed E-state index contributed by atoms with van der Waals surface area (Å²) in [5.41, 5.74) is 5.12. The molecule has 0 saturated heterocycles. The lowest BCUT2D eigenvalue weighted by Crippen LogP contribution is -2.02. The van der Waals surface area contributed by atoms with E-state index in [0.717, 1.165) is 25.4 Å². The van der Waals surface area contributed by atoms with E-state index < -0.39 is 0 Å². The highest BCUT2D eigenvalue weighted by atomic mass is 31.0.